The van der Waals surface area contributed by atoms with Gasteiger partial charge in [0.05, 0.1) is 11.6 Å². The highest BCUT2D eigenvalue weighted by atomic mass is 19.1. The SMILES string of the molecule is C=CCC(O)(CC=C)CNCC1CNNC1c1ccc(F)cc1. The van der Waals surface area contributed by atoms with Crippen LogP contribution in [0.15, 0.2) is 49.6 Å². The summed E-state index contributed by atoms with van der Waals surface area (Å²) in [6.45, 7) is 9.45. The summed E-state index contributed by atoms with van der Waals surface area (Å²) >= 11 is 0. The van der Waals surface area contributed by atoms with E-state index >= 15 is 0 Å². The standard InChI is InChI=1S/C18H26FN3O/c1-3-9-18(23,10-4-2)13-20-11-15-12-21-22-17(15)14-5-7-16(19)8-6-14/h3-8,15,17,20-23H,1-2,9-13H2. The maximum atomic E-state index is 13.1. The Bertz CT molecular complexity index is 508. The van der Waals surface area contributed by atoms with E-state index in [2.05, 4.69) is 29.3 Å². The van der Waals surface area contributed by atoms with Crippen molar-refractivity contribution in [2.75, 3.05) is 19.6 Å². The normalized spacial score (nSPS) is 21.3. The van der Waals surface area contributed by atoms with Crippen LogP contribution in [0.4, 0.5) is 4.39 Å². The van der Waals surface area contributed by atoms with Gasteiger partial charge in [0, 0.05) is 25.6 Å². The van der Waals surface area contributed by atoms with Crippen LogP contribution in [0.2, 0.25) is 0 Å². The van der Waals surface area contributed by atoms with Crippen LogP contribution in [0.5, 0.6) is 0 Å². The fraction of sp³-hybridized carbons (Fsp3) is 0.444. The third-order valence-electron chi connectivity index (χ3n) is 4.23. The zero-order chi connectivity index (χ0) is 16.7. The molecule has 23 heavy (non-hydrogen) atoms. The summed E-state index contributed by atoms with van der Waals surface area (Å²) in [6, 6.07) is 6.69. The first-order valence-corrected chi connectivity index (χ1v) is 7.97. The fourth-order valence-corrected chi connectivity index (χ4v) is 3.01. The highest BCUT2D eigenvalue weighted by Gasteiger charge is 2.29. The number of benzene rings is 1. The topological polar surface area (TPSA) is 56.3 Å². The van der Waals surface area contributed by atoms with E-state index < -0.39 is 5.60 Å². The van der Waals surface area contributed by atoms with Gasteiger partial charge in [-0.3, -0.25) is 5.43 Å². The second-order valence-corrected chi connectivity index (χ2v) is 6.16. The van der Waals surface area contributed by atoms with E-state index in [1.807, 2.05) is 0 Å². The van der Waals surface area contributed by atoms with E-state index in [0.717, 1.165) is 18.7 Å². The number of hydrazine groups is 1. The number of nitrogens with one attached hydrogen (secondary N) is 3. The van der Waals surface area contributed by atoms with E-state index in [1.54, 1.807) is 24.3 Å². The summed E-state index contributed by atoms with van der Waals surface area (Å²) in [4.78, 5) is 0. The molecule has 0 saturated carbocycles. The third-order valence-corrected chi connectivity index (χ3v) is 4.23. The molecular formula is C18H26FN3O. The van der Waals surface area contributed by atoms with Crippen molar-refractivity contribution >= 4 is 0 Å². The van der Waals surface area contributed by atoms with Gasteiger partial charge in [0.15, 0.2) is 0 Å². The van der Waals surface area contributed by atoms with E-state index in [4.69, 9.17) is 0 Å². The Balaban J connectivity index is 1.90. The zero-order valence-electron chi connectivity index (χ0n) is 13.4. The Morgan fingerprint density at radius 2 is 1.91 bits per heavy atom. The number of halogens is 1. The average Bonchev–Trinajstić information content (AvgIpc) is 2.97. The molecule has 0 radical (unpaired) electrons. The monoisotopic (exact) mass is 319 g/mol. The maximum Gasteiger partial charge on any atom is 0.123 e. The number of aliphatic hydroxyl groups is 1. The van der Waals surface area contributed by atoms with Crippen LogP contribution in [-0.2, 0) is 0 Å². The fourth-order valence-electron chi connectivity index (χ4n) is 3.01. The molecule has 0 bridgehead atoms. The quantitative estimate of drug-likeness (QED) is 0.526. The van der Waals surface area contributed by atoms with E-state index in [-0.39, 0.29) is 11.9 Å². The van der Waals surface area contributed by atoms with E-state index in [0.29, 0.717) is 25.3 Å². The molecule has 1 aromatic rings. The van der Waals surface area contributed by atoms with Crippen LogP contribution >= 0.6 is 0 Å². The first-order chi connectivity index (χ1) is 11.1. The molecule has 1 saturated heterocycles. The Hall–Kier alpha value is -1.53. The molecule has 1 fully saturated rings. The number of hydrogen-bond donors (Lipinski definition) is 4. The van der Waals surface area contributed by atoms with Crippen molar-refractivity contribution in [1.82, 2.24) is 16.2 Å². The molecule has 4 nitrogen and oxygen atoms in total. The van der Waals surface area contributed by atoms with E-state index in [1.165, 1.54) is 12.1 Å². The zero-order valence-corrected chi connectivity index (χ0v) is 13.4. The summed E-state index contributed by atoms with van der Waals surface area (Å²) in [5.74, 6) is 0.0884. The second kappa shape index (κ2) is 8.36. The molecule has 1 heterocycles. The Kier molecular flexibility index (Phi) is 6.47. The molecule has 0 aliphatic carbocycles. The molecule has 1 aliphatic rings. The maximum absolute atomic E-state index is 13.1. The van der Waals surface area contributed by atoms with Gasteiger partial charge < -0.3 is 10.4 Å². The van der Waals surface area contributed by atoms with Gasteiger partial charge in [-0.05, 0) is 30.5 Å². The van der Waals surface area contributed by atoms with Crippen molar-refractivity contribution < 1.29 is 9.50 Å². The summed E-state index contributed by atoms with van der Waals surface area (Å²) < 4.78 is 13.1. The molecule has 2 atom stereocenters. The van der Waals surface area contributed by atoms with Gasteiger partial charge in [-0.1, -0.05) is 24.3 Å². The minimum Gasteiger partial charge on any atom is -0.388 e. The summed E-state index contributed by atoms with van der Waals surface area (Å²) in [5, 5.41) is 13.9. The van der Waals surface area contributed by atoms with Crippen molar-refractivity contribution in [3.63, 3.8) is 0 Å². The van der Waals surface area contributed by atoms with Gasteiger partial charge in [0.25, 0.3) is 0 Å². The highest BCUT2D eigenvalue weighted by Crippen LogP contribution is 2.25. The van der Waals surface area contributed by atoms with Gasteiger partial charge >= 0.3 is 0 Å². The molecule has 4 N–H and O–H groups in total. The van der Waals surface area contributed by atoms with Crippen molar-refractivity contribution in [2.45, 2.75) is 24.5 Å². The molecule has 0 aromatic heterocycles. The Morgan fingerprint density at radius 1 is 1.26 bits per heavy atom. The van der Waals surface area contributed by atoms with Gasteiger partial charge in [-0.25, -0.2) is 9.82 Å². The molecular weight excluding hydrogens is 293 g/mol. The van der Waals surface area contributed by atoms with Crippen molar-refractivity contribution in [1.29, 1.82) is 0 Å². The lowest BCUT2D eigenvalue weighted by molar-refractivity contribution is 0.0455. The van der Waals surface area contributed by atoms with Crippen molar-refractivity contribution in [2.24, 2.45) is 5.92 Å². The summed E-state index contributed by atoms with van der Waals surface area (Å²) in [5.41, 5.74) is 6.60. The molecule has 1 aliphatic heterocycles. The summed E-state index contributed by atoms with van der Waals surface area (Å²) in [7, 11) is 0. The highest BCUT2D eigenvalue weighted by molar-refractivity contribution is 5.21. The summed E-state index contributed by atoms with van der Waals surface area (Å²) in [6.07, 6.45) is 4.50. The average molecular weight is 319 g/mol. The predicted molar refractivity (Wildman–Crippen MR) is 91.2 cm³/mol. The molecule has 2 unspecified atom stereocenters. The lowest BCUT2D eigenvalue weighted by Gasteiger charge is -2.27. The molecule has 0 spiro atoms. The van der Waals surface area contributed by atoms with Crippen LogP contribution in [0, 0.1) is 11.7 Å². The van der Waals surface area contributed by atoms with Gasteiger partial charge in [-0.2, -0.15) is 0 Å². The minimum atomic E-state index is -0.839. The van der Waals surface area contributed by atoms with Gasteiger partial charge in [0.1, 0.15) is 5.82 Å². The van der Waals surface area contributed by atoms with Crippen LogP contribution in [0.3, 0.4) is 0 Å². The molecule has 0 amide bonds. The first kappa shape index (κ1) is 17.8. The number of hydrogen-bond acceptors (Lipinski definition) is 4. The van der Waals surface area contributed by atoms with Crippen LogP contribution in [0.25, 0.3) is 0 Å². The molecule has 2 rings (SSSR count). The molecule has 5 heteroatoms. The van der Waals surface area contributed by atoms with Crippen molar-refractivity contribution in [3.05, 3.63) is 61.0 Å². The Labute approximate surface area is 137 Å². The molecule has 1 aromatic carbocycles. The van der Waals surface area contributed by atoms with Crippen molar-refractivity contribution in [3.8, 4) is 0 Å². The molecule has 126 valence electrons. The lowest BCUT2D eigenvalue weighted by atomic mass is 9.93. The minimum absolute atomic E-state index is 0.120. The lowest BCUT2D eigenvalue weighted by Crippen LogP contribution is -2.42. The predicted octanol–water partition coefficient (Wildman–Crippen LogP) is 2.06. The van der Waals surface area contributed by atoms with Gasteiger partial charge in [0.2, 0.25) is 0 Å². The van der Waals surface area contributed by atoms with Crippen LogP contribution < -0.4 is 16.2 Å². The van der Waals surface area contributed by atoms with E-state index in [9.17, 15) is 9.50 Å². The first-order valence-electron chi connectivity index (χ1n) is 7.97. The third kappa shape index (κ3) is 4.97. The second-order valence-electron chi connectivity index (χ2n) is 6.16. The van der Waals surface area contributed by atoms with Crippen LogP contribution in [0.1, 0.15) is 24.4 Å². The Morgan fingerprint density at radius 3 is 2.52 bits per heavy atom. The largest absolute Gasteiger partial charge is 0.388 e. The van der Waals surface area contributed by atoms with Crippen LogP contribution in [-0.4, -0.2) is 30.3 Å². The van der Waals surface area contributed by atoms with Gasteiger partial charge in [-0.15, -0.1) is 13.2 Å². The number of rotatable bonds is 9. The smallest absolute Gasteiger partial charge is 0.123 e.